The molecule has 1 aliphatic rings. The molecular formula is C19H14Cl2N2O2. The molecule has 25 heavy (non-hydrogen) atoms. The number of para-hydroxylation sites is 1. The molecule has 4 rings (SSSR count). The zero-order valence-electron chi connectivity index (χ0n) is 13.1. The number of furan rings is 1. The molecule has 1 aliphatic heterocycles. The highest BCUT2D eigenvalue weighted by Gasteiger charge is 2.34. The van der Waals surface area contributed by atoms with Crippen LogP contribution in [0.2, 0.25) is 10.0 Å². The second-order valence-corrected chi connectivity index (χ2v) is 6.53. The topological polar surface area (TPSA) is 45.5 Å². The first-order valence-electron chi connectivity index (χ1n) is 7.78. The molecule has 0 saturated carbocycles. The van der Waals surface area contributed by atoms with Crippen molar-refractivity contribution in [3.8, 4) is 0 Å². The van der Waals surface area contributed by atoms with E-state index < -0.39 is 6.17 Å². The quantitative estimate of drug-likeness (QED) is 0.673. The van der Waals surface area contributed by atoms with Crippen molar-refractivity contribution in [2.45, 2.75) is 12.7 Å². The van der Waals surface area contributed by atoms with E-state index in [1.807, 2.05) is 36.4 Å². The minimum Gasteiger partial charge on any atom is -0.467 e. The van der Waals surface area contributed by atoms with Crippen LogP contribution in [-0.4, -0.2) is 10.8 Å². The lowest BCUT2D eigenvalue weighted by Gasteiger charge is -2.38. The maximum absolute atomic E-state index is 13.1. The van der Waals surface area contributed by atoms with Crippen molar-refractivity contribution in [3.63, 3.8) is 0 Å². The fraction of sp³-hybridized carbons (Fsp3) is 0.105. The van der Waals surface area contributed by atoms with Crippen LogP contribution < -0.4 is 5.32 Å². The highest BCUT2D eigenvalue weighted by Crippen LogP contribution is 2.38. The van der Waals surface area contributed by atoms with Gasteiger partial charge in [-0.3, -0.25) is 4.79 Å². The molecule has 0 bridgehead atoms. The van der Waals surface area contributed by atoms with E-state index in [1.165, 1.54) is 0 Å². The first-order chi connectivity index (χ1) is 12.1. The number of amides is 1. The molecule has 1 atom stereocenters. The van der Waals surface area contributed by atoms with Crippen LogP contribution in [0.4, 0.5) is 5.69 Å². The monoisotopic (exact) mass is 372 g/mol. The van der Waals surface area contributed by atoms with Crippen molar-refractivity contribution >= 4 is 34.8 Å². The Hall–Kier alpha value is -2.43. The van der Waals surface area contributed by atoms with Crippen LogP contribution in [-0.2, 0) is 6.54 Å². The van der Waals surface area contributed by atoms with E-state index in [1.54, 1.807) is 29.4 Å². The van der Waals surface area contributed by atoms with Crippen LogP contribution in [0.3, 0.4) is 0 Å². The summed E-state index contributed by atoms with van der Waals surface area (Å²) in [6, 6.07) is 16.5. The van der Waals surface area contributed by atoms with Crippen LogP contribution in [0.25, 0.3) is 0 Å². The summed E-state index contributed by atoms with van der Waals surface area (Å²) in [6.07, 6.45) is 1.14. The number of carbonyl (C=O) groups excluding carboxylic acids is 1. The van der Waals surface area contributed by atoms with Crippen LogP contribution in [0.5, 0.6) is 0 Å². The lowest BCUT2D eigenvalue weighted by Crippen LogP contribution is -2.42. The van der Waals surface area contributed by atoms with Crippen molar-refractivity contribution in [1.82, 2.24) is 4.90 Å². The molecule has 0 spiro atoms. The summed E-state index contributed by atoms with van der Waals surface area (Å²) in [7, 11) is 0. The van der Waals surface area contributed by atoms with Gasteiger partial charge in [-0.15, -0.1) is 0 Å². The van der Waals surface area contributed by atoms with E-state index >= 15 is 0 Å². The molecule has 0 radical (unpaired) electrons. The zero-order chi connectivity index (χ0) is 17.4. The van der Waals surface area contributed by atoms with Gasteiger partial charge in [0.05, 0.1) is 28.4 Å². The number of fused-ring (bicyclic) bond motifs is 1. The van der Waals surface area contributed by atoms with Gasteiger partial charge in [0.15, 0.2) is 0 Å². The summed E-state index contributed by atoms with van der Waals surface area (Å²) in [5.74, 6) is 0.601. The lowest BCUT2D eigenvalue weighted by atomic mass is 10.0. The molecule has 0 aliphatic carbocycles. The number of benzene rings is 2. The number of nitrogens with one attached hydrogen (secondary N) is 1. The largest absolute Gasteiger partial charge is 0.467 e. The van der Waals surface area contributed by atoms with Gasteiger partial charge in [-0.1, -0.05) is 47.5 Å². The van der Waals surface area contributed by atoms with E-state index in [0.717, 1.165) is 11.3 Å². The SMILES string of the molecule is O=C1c2ccccc2NC(c2cccc(Cl)c2Cl)N1Cc1ccco1. The molecule has 1 amide bonds. The van der Waals surface area contributed by atoms with Gasteiger partial charge in [-0.05, 0) is 30.3 Å². The van der Waals surface area contributed by atoms with Crippen LogP contribution in [0.15, 0.2) is 65.3 Å². The highest BCUT2D eigenvalue weighted by molar-refractivity contribution is 6.42. The van der Waals surface area contributed by atoms with Crippen molar-refractivity contribution in [3.05, 3.63) is 87.8 Å². The Balaban J connectivity index is 1.81. The van der Waals surface area contributed by atoms with Crippen LogP contribution in [0.1, 0.15) is 27.8 Å². The average molecular weight is 373 g/mol. The molecule has 1 aromatic heterocycles. The maximum atomic E-state index is 13.1. The number of hydrogen-bond donors (Lipinski definition) is 1. The van der Waals surface area contributed by atoms with E-state index in [4.69, 9.17) is 27.6 Å². The Morgan fingerprint density at radius 3 is 2.68 bits per heavy atom. The van der Waals surface area contributed by atoms with Gasteiger partial charge >= 0.3 is 0 Å². The van der Waals surface area contributed by atoms with Crippen molar-refractivity contribution in [2.75, 3.05) is 5.32 Å². The predicted molar refractivity (Wildman–Crippen MR) is 97.8 cm³/mol. The van der Waals surface area contributed by atoms with E-state index in [0.29, 0.717) is 27.9 Å². The summed E-state index contributed by atoms with van der Waals surface area (Å²) in [5.41, 5.74) is 2.12. The molecule has 1 N–H and O–H groups in total. The van der Waals surface area contributed by atoms with Crippen molar-refractivity contribution < 1.29 is 9.21 Å². The third-order valence-corrected chi connectivity index (χ3v) is 5.04. The Morgan fingerprint density at radius 2 is 1.88 bits per heavy atom. The first kappa shape index (κ1) is 16.1. The second kappa shape index (κ2) is 6.47. The minimum absolute atomic E-state index is 0.0909. The summed E-state index contributed by atoms with van der Waals surface area (Å²) < 4.78 is 5.43. The number of nitrogens with zero attached hydrogens (tertiary/aromatic N) is 1. The molecular weight excluding hydrogens is 359 g/mol. The molecule has 0 fully saturated rings. The van der Waals surface area contributed by atoms with Gasteiger partial charge < -0.3 is 14.6 Å². The number of anilines is 1. The summed E-state index contributed by atoms with van der Waals surface area (Å²) in [6.45, 7) is 0.320. The fourth-order valence-electron chi connectivity index (χ4n) is 3.00. The Labute approximate surface area is 155 Å². The van der Waals surface area contributed by atoms with E-state index in [-0.39, 0.29) is 5.91 Å². The maximum Gasteiger partial charge on any atom is 0.258 e. The Morgan fingerprint density at radius 1 is 1.04 bits per heavy atom. The van der Waals surface area contributed by atoms with Crippen LogP contribution >= 0.6 is 23.2 Å². The second-order valence-electron chi connectivity index (χ2n) is 5.75. The van der Waals surface area contributed by atoms with Crippen molar-refractivity contribution in [1.29, 1.82) is 0 Å². The number of rotatable bonds is 3. The zero-order valence-corrected chi connectivity index (χ0v) is 14.6. The van der Waals surface area contributed by atoms with Crippen molar-refractivity contribution in [2.24, 2.45) is 0 Å². The lowest BCUT2D eigenvalue weighted by molar-refractivity contribution is 0.0651. The average Bonchev–Trinajstić information content (AvgIpc) is 3.13. The van der Waals surface area contributed by atoms with E-state index in [9.17, 15) is 4.79 Å². The molecule has 6 heteroatoms. The van der Waals surface area contributed by atoms with Gasteiger partial charge in [0.25, 0.3) is 5.91 Å². The Bertz CT molecular complexity index is 925. The molecule has 3 aromatic rings. The fourth-order valence-corrected chi connectivity index (χ4v) is 3.41. The molecule has 1 unspecified atom stereocenters. The number of hydrogen-bond acceptors (Lipinski definition) is 3. The third kappa shape index (κ3) is 2.88. The number of carbonyl (C=O) groups is 1. The summed E-state index contributed by atoms with van der Waals surface area (Å²) in [5, 5.41) is 4.27. The molecule has 126 valence electrons. The number of halogens is 2. The Kier molecular flexibility index (Phi) is 4.15. The van der Waals surface area contributed by atoms with Gasteiger partial charge in [0.2, 0.25) is 0 Å². The highest BCUT2D eigenvalue weighted by atomic mass is 35.5. The van der Waals surface area contributed by atoms with Gasteiger partial charge in [0.1, 0.15) is 11.9 Å². The van der Waals surface area contributed by atoms with Crippen LogP contribution in [0, 0.1) is 0 Å². The van der Waals surface area contributed by atoms with Gasteiger partial charge in [-0.25, -0.2) is 0 Å². The molecule has 2 heterocycles. The first-order valence-corrected chi connectivity index (χ1v) is 8.53. The molecule has 0 saturated heterocycles. The minimum atomic E-state index is -0.446. The van der Waals surface area contributed by atoms with Gasteiger partial charge in [-0.2, -0.15) is 0 Å². The summed E-state index contributed by atoms with van der Waals surface area (Å²) >= 11 is 12.6. The van der Waals surface area contributed by atoms with E-state index in [2.05, 4.69) is 5.32 Å². The normalized spacial score (nSPS) is 16.5. The summed E-state index contributed by atoms with van der Waals surface area (Å²) in [4.78, 5) is 14.8. The molecule has 4 nitrogen and oxygen atoms in total. The van der Waals surface area contributed by atoms with Gasteiger partial charge in [0, 0.05) is 11.3 Å². The predicted octanol–water partition coefficient (Wildman–Crippen LogP) is 5.35. The third-order valence-electron chi connectivity index (χ3n) is 4.20. The molecule has 2 aromatic carbocycles. The standard InChI is InChI=1S/C19H14Cl2N2O2/c20-15-8-3-7-14(17(15)21)18-22-16-9-2-1-6-13(16)19(24)23(18)11-12-5-4-10-25-12/h1-10,18,22H,11H2. The smallest absolute Gasteiger partial charge is 0.258 e.